The Balaban J connectivity index is 1.99. The summed E-state index contributed by atoms with van der Waals surface area (Å²) in [7, 11) is -3.46. The molecule has 1 aromatic carbocycles. The molecule has 0 bridgehead atoms. The number of carbonyl (C=O) groups excluding carboxylic acids is 1. The van der Waals surface area contributed by atoms with E-state index in [0.717, 1.165) is 28.3 Å². The van der Waals surface area contributed by atoms with E-state index in [0.29, 0.717) is 10.6 Å². The Labute approximate surface area is 183 Å². The number of halogens is 3. The zero-order valence-corrected chi connectivity index (χ0v) is 18.5. The Morgan fingerprint density at radius 3 is 2.58 bits per heavy atom. The predicted octanol–water partition coefficient (Wildman–Crippen LogP) is 3.35. The van der Waals surface area contributed by atoms with Gasteiger partial charge in [-0.3, -0.25) is 9.48 Å². The van der Waals surface area contributed by atoms with E-state index in [9.17, 15) is 26.4 Å². The van der Waals surface area contributed by atoms with Crippen LogP contribution in [0.3, 0.4) is 0 Å². The molecular formula is C17H15F3N4O4S3. The predicted molar refractivity (Wildman–Crippen MR) is 109 cm³/mol. The molecule has 0 aliphatic heterocycles. The molecule has 0 radical (unpaired) electrons. The Hall–Kier alpha value is -2.45. The topological polar surface area (TPSA) is 104 Å². The van der Waals surface area contributed by atoms with Gasteiger partial charge in [0.2, 0.25) is 0 Å². The summed E-state index contributed by atoms with van der Waals surface area (Å²) in [4.78, 5) is 12.0. The molecule has 2 aromatic heterocycles. The number of esters is 1. The highest BCUT2D eigenvalue weighted by Gasteiger charge is 2.36. The van der Waals surface area contributed by atoms with Crippen LogP contribution >= 0.6 is 23.1 Å². The van der Waals surface area contributed by atoms with Gasteiger partial charge < -0.3 is 4.74 Å². The second-order valence-electron chi connectivity index (χ2n) is 6.21. The lowest BCUT2D eigenvalue weighted by molar-refractivity contribution is -0.144. The van der Waals surface area contributed by atoms with Crippen LogP contribution in [-0.2, 0) is 32.1 Å². The van der Waals surface area contributed by atoms with Crippen molar-refractivity contribution in [3.05, 3.63) is 36.0 Å². The van der Waals surface area contributed by atoms with E-state index in [-0.39, 0.29) is 21.5 Å². The summed E-state index contributed by atoms with van der Waals surface area (Å²) in [5.74, 6) is -0.695. The van der Waals surface area contributed by atoms with Crippen LogP contribution in [0.4, 0.5) is 13.2 Å². The first-order valence-electron chi connectivity index (χ1n) is 8.43. The van der Waals surface area contributed by atoms with Gasteiger partial charge in [0, 0.05) is 11.8 Å². The lowest BCUT2D eigenvalue weighted by Gasteiger charge is -2.05. The number of ether oxygens (including phenoxy) is 1. The van der Waals surface area contributed by atoms with Crippen LogP contribution in [0.5, 0.6) is 0 Å². The standard InChI is InChI=1S/C17H15F3N4O4S3/c1-29-9-28-14(25)8-24-12(7-13(23-24)17(18,19)20)16-22-21-15(30-16)10-4-3-5-11(6-10)31(2,26)27/h3-7H,8-9H2,1-2H3. The summed E-state index contributed by atoms with van der Waals surface area (Å²) in [6.45, 7) is -0.537. The fourth-order valence-electron chi connectivity index (χ4n) is 2.44. The second-order valence-corrected chi connectivity index (χ2v) is 10.0. The quantitative estimate of drug-likeness (QED) is 0.365. The van der Waals surface area contributed by atoms with Gasteiger partial charge in [-0.05, 0) is 24.5 Å². The van der Waals surface area contributed by atoms with E-state index >= 15 is 0 Å². The van der Waals surface area contributed by atoms with Gasteiger partial charge in [0.05, 0.1) is 4.90 Å². The number of aromatic nitrogens is 4. The Kier molecular flexibility index (Phi) is 6.71. The van der Waals surface area contributed by atoms with Gasteiger partial charge in [0.25, 0.3) is 0 Å². The van der Waals surface area contributed by atoms with Crippen LogP contribution in [0.15, 0.2) is 35.2 Å². The van der Waals surface area contributed by atoms with Crippen LogP contribution in [0.1, 0.15) is 5.69 Å². The number of thioether (sulfide) groups is 1. The lowest BCUT2D eigenvalue weighted by atomic mass is 10.2. The maximum absolute atomic E-state index is 13.2. The highest BCUT2D eigenvalue weighted by atomic mass is 32.2. The normalized spacial score (nSPS) is 12.2. The largest absolute Gasteiger partial charge is 0.453 e. The van der Waals surface area contributed by atoms with Crippen molar-refractivity contribution in [1.29, 1.82) is 0 Å². The third-order valence-corrected chi connectivity index (χ3v) is 6.30. The van der Waals surface area contributed by atoms with Crippen molar-refractivity contribution in [1.82, 2.24) is 20.0 Å². The van der Waals surface area contributed by atoms with Gasteiger partial charge in [-0.2, -0.15) is 18.3 Å². The number of hydrogen-bond donors (Lipinski definition) is 0. The summed E-state index contributed by atoms with van der Waals surface area (Å²) in [5.41, 5.74) is -0.805. The molecule has 0 aliphatic rings. The van der Waals surface area contributed by atoms with E-state index in [2.05, 4.69) is 15.3 Å². The maximum atomic E-state index is 13.2. The van der Waals surface area contributed by atoms with Crippen molar-refractivity contribution >= 4 is 38.9 Å². The van der Waals surface area contributed by atoms with Gasteiger partial charge in [-0.1, -0.05) is 23.5 Å². The van der Waals surface area contributed by atoms with E-state index in [1.54, 1.807) is 12.3 Å². The minimum absolute atomic E-state index is 0.0567. The molecule has 0 fully saturated rings. The van der Waals surface area contributed by atoms with Crippen LogP contribution < -0.4 is 0 Å². The molecule has 8 nitrogen and oxygen atoms in total. The first kappa shape index (κ1) is 23.2. The Morgan fingerprint density at radius 1 is 1.23 bits per heavy atom. The summed E-state index contributed by atoms with van der Waals surface area (Å²) in [5, 5.41) is 11.7. The van der Waals surface area contributed by atoms with Crippen molar-refractivity contribution in [2.45, 2.75) is 17.6 Å². The molecule has 14 heteroatoms. The molecule has 0 saturated heterocycles. The smallest absolute Gasteiger partial charge is 0.435 e. The van der Waals surface area contributed by atoms with Gasteiger partial charge in [0.1, 0.15) is 23.2 Å². The average Bonchev–Trinajstić information content (AvgIpc) is 3.32. The van der Waals surface area contributed by atoms with Crippen LogP contribution in [0.2, 0.25) is 0 Å². The first-order valence-corrected chi connectivity index (χ1v) is 12.5. The van der Waals surface area contributed by atoms with E-state index in [1.165, 1.54) is 30.0 Å². The Bertz CT molecular complexity index is 1210. The van der Waals surface area contributed by atoms with Crippen molar-refractivity contribution in [2.75, 3.05) is 18.5 Å². The third kappa shape index (κ3) is 5.62. The molecule has 3 aromatic rings. The van der Waals surface area contributed by atoms with Gasteiger partial charge in [-0.15, -0.1) is 22.0 Å². The van der Waals surface area contributed by atoms with E-state index in [1.807, 2.05) is 0 Å². The minimum atomic E-state index is -4.72. The van der Waals surface area contributed by atoms with Gasteiger partial charge >= 0.3 is 12.1 Å². The third-order valence-electron chi connectivity index (χ3n) is 3.84. The lowest BCUT2D eigenvalue weighted by Crippen LogP contribution is -2.16. The molecular weight excluding hydrogens is 477 g/mol. The summed E-state index contributed by atoms with van der Waals surface area (Å²) in [6, 6.07) is 6.74. The average molecular weight is 493 g/mol. The zero-order valence-electron chi connectivity index (χ0n) is 16.1. The molecule has 2 heterocycles. The highest BCUT2D eigenvalue weighted by Crippen LogP contribution is 2.35. The zero-order chi connectivity index (χ0) is 22.8. The van der Waals surface area contributed by atoms with Gasteiger partial charge in [0.15, 0.2) is 20.5 Å². The van der Waals surface area contributed by atoms with Crippen LogP contribution in [-0.4, -0.2) is 52.8 Å². The summed E-state index contributed by atoms with van der Waals surface area (Å²) in [6.07, 6.45) is -1.96. The summed E-state index contributed by atoms with van der Waals surface area (Å²) < 4.78 is 68.8. The number of rotatable bonds is 7. The second kappa shape index (κ2) is 8.96. The number of alkyl halides is 3. The minimum Gasteiger partial charge on any atom is -0.453 e. The van der Waals surface area contributed by atoms with Crippen LogP contribution in [0, 0.1) is 0 Å². The fraction of sp³-hybridized carbons (Fsp3) is 0.294. The molecule has 0 saturated carbocycles. The molecule has 0 N–H and O–H groups in total. The molecule has 0 aliphatic carbocycles. The molecule has 0 atom stereocenters. The monoisotopic (exact) mass is 492 g/mol. The van der Waals surface area contributed by atoms with E-state index in [4.69, 9.17) is 4.74 Å². The van der Waals surface area contributed by atoms with Crippen molar-refractivity contribution < 1.29 is 31.1 Å². The number of sulfone groups is 1. The molecule has 0 unspecified atom stereocenters. The molecule has 3 rings (SSSR count). The highest BCUT2D eigenvalue weighted by molar-refractivity contribution is 7.98. The molecule has 0 spiro atoms. The van der Waals surface area contributed by atoms with Crippen molar-refractivity contribution in [3.8, 4) is 21.3 Å². The van der Waals surface area contributed by atoms with E-state index < -0.39 is 34.2 Å². The molecule has 0 amide bonds. The first-order chi connectivity index (χ1) is 14.5. The number of carbonyl (C=O) groups is 1. The van der Waals surface area contributed by atoms with Gasteiger partial charge in [-0.25, -0.2) is 8.42 Å². The van der Waals surface area contributed by atoms with Crippen molar-refractivity contribution in [3.63, 3.8) is 0 Å². The number of nitrogens with zero attached hydrogens (tertiary/aromatic N) is 4. The van der Waals surface area contributed by atoms with Crippen molar-refractivity contribution in [2.24, 2.45) is 0 Å². The Morgan fingerprint density at radius 2 is 1.94 bits per heavy atom. The summed E-state index contributed by atoms with van der Waals surface area (Å²) >= 11 is 2.18. The maximum Gasteiger partial charge on any atom is 0.435 e. The fourth-order valence-corrected chi connectivity index (χ4v) is 4.22. The van der Waals surface area contributed by atoms with Crippen LogP contribution in [0.25, 0.3) is 21.3 Å². The molecule has 166 valence electrons. The number of hydrogen-bond acceptors (Lipinski definition) is 9. The molecule has 31 heavy (non-hydrogen) atoms. The number of benzene rings is 1. The SMILES string of the molecule is CSCOC(=O)Cn1nc(C(F)(F)F)cc1-c1nnc(-c2cccc(S(C)(=O)=O)c2)s1.